The Hall–Kier alpha value is -0.430. The number of alkyl halides is 3. The highest BCUT2D eigenvalue weighted by atomic mass is 32.2. The van der Waals surface area contributed by atoms with Crippen molar-refractivity contribution in [3.63, 3.8) is 0 Å². The lowest BCUT2D eigenvalue weighted by atomic mass is 10.1. The highest BCUT2D eigenvalue weighted by Gasteiger charge is 2.30. The first-order valence-electron chi connectivity index (χ1n) is 4.54. The van der Waals surface area contributed by atoms with Crippen LogP contribution in [0.4, 0.5) is 13.2 Å². The smallest absolute Gasteiger partial charge is 0.441 e. The van der Waals surface area contributed by atoms with Gasteiger partial charge < -0.3 is 10.0 Å². The Balaban J connectivity index is 2.17. The molecule has 0 aromatic heterocycles. The molecule has 0 saturated carbocycles. The van der Waals surface area contributed by atoms with Crippen LogP contribution in [0.25, 0.3) is 0 Å². The fourth-order valence-corrected chi connectivity index (χ4v) is 2.11. The van der Waals surface area contributed by atoms with Crippen LogP contribution in [-0.4, -0.2) is 46.9 Å². The number of carbonyl (C=O) groups is 1. The molecule has 0 aromatic carbocycles. The van der Waals surface area contributed by atoms with Gasteiger partial charge in [0.1, 0.15) is 0 Å². The normalized spacial score (nSPS) is 23.3. The molecule has 1 heterocycles. The number of carboxylic acids is 1. The first-order chi connectivity index (χ1) is 6.88. The minimum absolute atomic E-state index is 0.0319. The summed E-state index contributed by atoms with van der Waals surface area (Å²) >= 11 is -0.0591. The molecule has 0 aromatic rings. The number of halogens is 3. The standard InChI is InChI=1S/C8H12F3NO2S/c9-8(10,11)15-4-3-12-2-1-6(5-12)7(13)14/h6H,1-5H2,(H,13,14). The number of likely N-dealkylation sites (tertiary alicyclic amines) is 1. The van der Waals surface area contributed by atoms with Gasteiger partial charge >= 0.3 is 11.5 Å². The van der Waals surface area contributed by atoms with E-state index >= 15 is 0 Å². The van der Waals surface area contributed by atoms with Gasteiger partial charge in [0.15, 0.2) is 0 Å². The van der Waals surface area contributed by atoms with Crippen molar-refractivity contribution in [3.8, 4) is 0 Å². The number of rotatable bonds is 4. The van der Waals surface area contributed by atoms with E-state index in [1.54, 1.807) is 4.90 Å². The van der Waals surface area contributed by atoms with Gasteiger partial charge in [-0.2, -0.15) is 13.2 Å². The topological polar surface area (TPSA) is 40.5 Å². The van der Waals surface area contributed by atoms with Crippen molar-refractivity contribution in [1.29, 1.82) is 0 Å². The molecule has 0 amide bonds. The van der Waals surface area contributed by atoms with Crippen molar-refractivity contribution in [2.24, 2.45) is 5.92 Å². The maximum absolute atomic E-state index is 11.8. The highest BCUT2D eigenvalue weighted by Crippen LogP contribution is 2.30. The van der Waals surface area contributed by atoms with E-state index < -0.39 is 17.4 Å². The monoisotopic (exact) mass is 243 g/mol. The number of hydrogen-bond acceptors (Lipinski definition) is 3. The summed E-state index contributed by atoms with van der Waals surface area (Å²) in [5.74, 6) is -1.31. The molecule has 0 aliphatic carbocycles. The van der Waals surface area contributed by atoms with Gasteiger partial charge in [0.25, 0.3) is 0 Å². The van der Waals surface area contributed by atoms with Crippen molar-refractivity contribution >= 4 is 17.7 Å². The molecule has 0 bridgehead atoms. The summed E-state index contributed by atoms with van der Waals surface area (Å²) < 4.78 is 35.4. The molecule has 7 heteroatoms. The van der Waals surface area contributed by atoms with Crippen LogP contribution in [-0.2, 0) is 4.79 Å². The molecule has 15 heavy (non-hydrogen) atoms. The van der Waals surface area contributed by atoms with Gasteiger partial charge in [0.05, 0.1) is 5.92 Å². The highest BCUT2D eigenvalue weighted by molar-refractivity contribution is 8.00. The largest absolute Gasteiger partial charge is 0.481 e. The fraction of sp³-hybridized carbons (Fsp3) is 0.875. The zero-order valence-corrected chi connectivity index (χ0v) is 8.77. The predicted octanol–water partition coefficient (Wildman–Crippen LogP) is 1.65. The summed E-state index contributed by atoms with van der Waals surface area (Å²) in [6.45, 7) is 1.25. The van der Waals surface area contributed by atoms with E-state index in [2.05, 4.69) is 0 Å². The van der Waals surface area contributed by atoms with E-state index in [0.717, 1.165) is 0 Å². The van der Waals surface area contributed by atoms with E-state index in [0.29, 0.717) is 26.1 Å². The number of nitrogens with zero attached hydrogens (tertiary/aromatic N) is 1. The van der Waals surface area contributed by atoms with Gasteiger partial charge in [-0.05, 0) is 24.7 Å². The van der Waals surface area contributed by atoms with Crippen LogP contribution < -0.4 is 0 Å². The molecule has 0 radical (unpaired) electrons. The van der Waals surface area contributed by atoms with Gasteiger partial charge in [0.2, 0.25) is 0 Å². The zero-order valence-electron chi connectivity index (χ0n) is 7.96. The van der Waals surface area contributed by atoms with Crippen molar-refractivity contribution in [2.45, 2.75) is 11.9 Å². The molecular formula is C8H12F3NO2S. The van der Waals surface area contributed by atoms with Crippen LogP contribution >= 0.6 is 11.8 Å². The van der Waals surface area contributed by atoms with Crippen LogP contribution in [0.1, 0.15) is 6.42 Å². The molecule has 3 nitrogen and oxygen atoms in total. The first kappa shape index (κ1) is 12.6. The molecule has 1 atom stereocenters. The second kappa shape index (κ2) is 5.07. The molecule has 1 N–H and O–H groups in total. The lowest BCUT2D eigenvalue weighted by molar-refractivity contribution is -0.141. The number of carboxylic acid groups (broad SMARTS) is 1. The second-order valence-corrected chi connectivity index (χ2v) is 4.58. The fourth-order valence-electron chi connectivity index (χ4n) is 1.53. The minimum Gasteiger partial charge on any atom is -0.481 e. The molecule has 1 rings (SSSR count). The Kier molecular flexibility index (Phi) is 4.27. The maximum atomic E-state index is 11.8. The summed E-state index contributed by atoms with van der Waals surface area (Å²) in [6, 6.07) is 0. The minimum atomic E-state index is -4.19. The van der Waals surface area contributed by atoms with Crippen LogP contribution in [0.3, 0.4) is 0 Å². The van der Waals surface area contributed by atoms with E-state index in [1.807, 2.05) is 0 Å². The predicted molar refractivity (Wildman–Crippen MR) is 50.7 cm³/mol. The van der Waals surface area contributed by atoms with Crippen molar-refractivity contribution in [1.82, 2.24) is 4.90 Å². The Morgan fingerprint density at radius 3 is 2.67 bits per heavy atom. The van der Waals surface area contributed by atoms with E-state index in [1.165, 1.54) is 0 Å². The van der Waals surface area contributed by atoms with Gasteiger partial charge in [-0.3, -0.25) is 4.79 Å². The van der Waals surface area contributed by atoms with E-state index in [9.17, 15) is 18.0 Å². The molecule has 1 fully saturated rings. The summed E-state index contributed by atoms with van der Waals surface area (Å²) in [7, 11) is 0. The summed E-state index contributed by atoms with van der Waals surface area (Å²) in [5.41, 5.74) is -4.19. The zero-order chi connectivity index (χ0) is 11.5. The molecule has 1 aliphatic heterocycles. The molecule has 0 spiro atoms. The SMILES string of the molecule is O=C(O)C1CCN(CCSC(F)(F)F)C1. The summed E-state index contributed by atoms with van der Waals surface area (Å²) in [6.07, 6.45) is 0.534. The summed E-state index contributed by atoms with van der Waals surface area (Å²) in [5, 5.41) is 8.67. The van der Waals surface area contributed by atoms with Gasteiger partial charge in [0, 0.05) is 18.8 Å². The van der Waals surface area contributed by atoms with Crippen LogP contribution in [0.5, 0.6) is 0 Å². The first-order valence-corrected chi connectivity index (χ1v) is 5.53. The third-order valence-electron chi connectivity index (χ3n) is 2.29. The van der Waals surface area contributed by atoms with Gasteiger partial charge in [-0.25, -0.2) is 0 Å². The van der Waals surface area contributed by atoms with Crippen molar-refractivity contribution < 1.29 is 23.1 Å². The third kappa shape index (κ3) is 4.74. The van der Waals surface area contributed by atoms with Gasteiger partial charge in [-0.1, -0.05) is 0 Å². The third-order valence-corrected chi connectivity index (χ3v) is 3.01. The Morgan fingerprint density at radius 2 is 2.20 bits per heavy atom. The average molecular weight is 243 g/mol. The van der Waals surface area contributed by atoms with Crippen LogP contribution in [0.2, 0.25) is 0 Å². The van der Waals surface area contributed by atoms with Crippen LogP contribution in [0, 0.1) is 5.92 Å². The quantitative estimate of drug-likeness (QED) is 0.815. The van der Waals surface area contributed by atoms with E-state index in [-0.39, 0.29) is 17.5 Å². The maximum Gasteiger partial charge on any atom is 0.441 e. The van der Waals surface area contributed by atoms with E-state index in [4.69, 9.17) is 5.11 Å². The Labute approximate surface area is 89.6 Å². The average Bonchev–Trinajstić information content (AvgIpc) is 2.50. The molecular weight excluding hydrogens is 231 g/mol. The molecule has 1 aliphatic rings. The summed E-state index contributed by atoms with van der Waals surface area (Å²) in [4.78, 5) is 12.3. The Morgan fingerprint density at radius 1 is 1.53 bits per heavy atom. The molecule has 1 unspecified atom stereocenters. The van der Waals surface area contributed by atoms with Gasteiger partial charge in [-0.15, -0.1) is 0 Å². The number of hydrogen-bond donors (Lipinski definition) is 1. The number of aliphatic carboxylic acids is 1. The lowest BCUT2D eigenvalue weighted by Crippen LogP contribution is -2.26. The van der Waals surface area contributed by atoms with Crippen LogP contribution in [0.15, 0.2) is 0 Å². The van der Waals surface area contributed by atoms with Crippen molar-refractivity contribution in [3.05, 3.63) is 0 Å². The van der Waals surface area contributed by atoms with Crippen molar-refractivity contribution in [2.75, 3.05) is 25.4 Å². The Bertz CT molecular complexity index is 234. The number of thioether (sulfide) groups is 1. The second-order valence-electron chi connectivity index (χ2n) is 3.42. The molecule has 88 valence electrons. The molecule has 1 saturated heterocycles. The lowest BCUT2D eigenvalue weighted by Gasteiger charge is -2.15.